The van der Waals surface area contributed by atoms with E-state index in [1.807, 2.05) is 4.90 Å². The van der Waals surface area contributed by atoms with Gasteiger partial charge in [0.25, 0.3) is 0 Å². The van der Waals surface area contributed by atoms with Crippen LogP contribution in [0.15, 0.2) is 83.3 Å². The van der Waals surface area contributed by atoms with Gasteiger partial charge in [0.1, 0.15) is 6.61 Å². The lowest BCUT2D eigenvalue weighted by molar-refractivity contribution is 0.0866. The second kappa shape index (κ2) is 7.93. The zero-order valence-electron chi connectivity index (χ0n) is 17.7. The highest BCUT2D eigenvalue weighted by molar-refractivity contribution is 9.10. The summed E-state index contributed by atoms with van der Waals surface area (Å²) < 4.78 is 7.05. The smallest absolute Gasteiger partial charge is 0.410 e. The van der Waals surface area contributed by atoms with Crippen LogP contribution in [0.4, 0.5) is 4.79 Å². The number of amides is 1. The van der Waals surface area contributed by atoms with E-state index in [9.17, 15) is 4.79 Å². The minimum atomic E-state index is -0.175. The maximum absolute atomic E-state index is 13.2. The van der Waals surface area contributed by atoms with Crippen molar-refractivity contribution in [1.29, 1.82) is 0 Å². The molecule has 32 heavy (non-hydrogen) atoms. The van der Waals surface area contributed by atoms with E-state index in [2.05, 4.69) is 94.8 Å². The third-order valence-corrected chi connectivity index (χ3v) is 7.69. The monoisotopic (exact) mass is 485 g/mol. The predicted octanol–water partition coefficient (Wildman–Crippen LogP) is 7.02. The van der Waals surface area contributed by atoms with Crippen molar-refractivity contribution in [3.63, 3.8) is 0 Å². The summed E-state index contributed by atoms with van der Waals surface area (Å²) in [4.78, 5) is 15.2. The zero-order valence-corrected chi connectivity index (χ0v) is 19.3. The molecule has 2 aliphatic heterocycles. The standard InChI is InChI=1S/C28H24BrNO2/c29-20-11-9-18(10-12-20)19-15-21-13-14-22(16-19)30(21)28(31)32-17-27-25-7-3-1-5-23(25)24-6-2-4-8-26(24)27/h1-12,15,21-22,27H,13-14,16-17H2. The van der Waals surface area contributed by atoms with Gasteiger partial charge in [-0.1, -0.05) is 82.7 Å². The molecule has 2 bridgehead atoms. The van der Waals surface area contributed by atoms with Crippen molar-refractivity contribution >= 4 is 27.6 Å². The van der Waals surface area contributed by atoms with Gasteiger partial charge in [-0.2, -0.15) is 0 Å². The van der Waals surface area contributed by atoms with Gasteiger partial charge in [-0.25, -0.2) is 4.79 Å². The van der Waals surface area contributed by atoms with Gasteiger partial charge in [0, 0.05) is 16.4 Å². The minimum Gasteiger partial charge on any atom is -0.448 e. The number of carbonyl (C=O) groups excluding carboxylic acids is 1. The molecule has 2 unspecified atom stereocenters. The Hall–Kier alpha value is -2.85. The first-order valence-electron chi connectivity index (χ1n) is 11.3. The summed E-state index contributed by atoms with van der Waals surface area (Å²) in [7, 11) is 0. The Kier molecular flexibility index (Phi) is 4.91. The van der Waals surface area contributed by atoms with Crippen molar-refractivity contribution in [3.8, 4) is 11.1 Å². The Morgan fingerprint density at radius 3 is 2.22 bits per heavy atom. The summed E-state index contributed by atoms with van der Waals surface area (Å²) in [5.41, 5.74) is 7.60. The molecule has 3 aromatic carbocycles. The van der Waals surface area contributed by atoms with Crippen molar-refractivity contribution in [3.05, 3.63) is 100 Å². The van der Waals surface area contributed by atoms with Crippen LogP contribution >= 0.6 is 15.9 Å². The number of hydrogen-bond acceptors (Lipinski definition) is 2. The number of halogens is 1. The summed E-state index contributed by atoms with van der Waals surface area (Å²) >= 11 is 3.51. The summed E-state index contributed by atoms with van der Waals surface area (Å²) in [6.07, 6.45) is 5.03. The second-order valence-corrected chi connectivity index (χ2v) is 9.83. The van der Waals surface area contributed by atoms with Crippen LogP contribution < -0.4 is 0 Å². The largest absolute Gasteiger partial charge is 0.448 e. The molecule has 3 aliphatic rings. The maximum atomic E-state index is 13.2. The molecule has 1 aliphatic carbocycles. The quantitative estimate of drug-likeness (QED) is 0.398. The first kappa shape index (κ1) is 19.8. The second-order valence-electron chi connectivity index (χ2n) is 8.91. The fourth-order valence-electron chi connectivity index (χ4n) is 5.66. The maximum Gasteiger partial charge on any atom is 0.410 e. The molecule has 0 N–H and O–H groups in total. The van der Waals surface area contributed by atoms with E-state index in [0.29, 0.717) is 6.61 Å². The van der Waals surface area contributed by atoms with Crippen molar-refractivity contribution < 1.29 is 9.53 Å². The zero-order chi connectivity index (χ0) is 21.7. The van der Waals surface area contributed by atoms with Gasteiger partial charge in [-0.05, 0) is 64.8 Å². The third-order valence-electron chi connectivity index (χ3n) is 7.16. The molecule has 0 aromatic heterocycles. The van der Waals surface area contributed by atoms with Gasteiger partial charge in [0.15, 0.2) is 0 Å². The molecular weight excluding hydrogens is 462 g/mol. The molecule has 2 atom stereocenters. The fraction of sp³-hybridized carbons (Fsp3) is 0.250. The number of fused-ring (bicyclic) bond motifs is 5. The summed E-state index contributed by atoms with van der Waals surface area (Å²) in [6.45, 7) is 0.381. The average molecular weight is 486 g/mol. The minimum absolute atomic E-state index is 0.0997. The first-order valence-corrected chi connectivity index (χ1v) is 12.1. The van der Waals surface area contributed by atoms with Crippen LogP contribution in [0.2, 0.25) is 0 Å². The highest BCUT2D eigenvalue weighted by Gasteiger charge is 2.41. The molecule has 3 nitrogen and oxygen atoms in total. The van der Waals surface area contributed by atoms with Crippen molar-refractivity contribution in [2.24, 2.45) is 0 Å². The average Bonchev–Trinajstić information content (AvgIpc) is 3.29. The van der Waals surface area contributed by atoms with Crippen LogP contribution in [0.1, 0.15) is 41.9 Å². The van der Waals surface area contributed by atoms with E-state index < -0.39 is 0 Å². The molecule has 1 amide bonds. The van der Waals surface area contributed by atoms with Crippen LogP contribution in [-0.2, 0) is 4.74 Å². The van der Waals surface area contributed by atoms with Crippen molar-refractivity contribution in [1.82, 2.24) is 4.90 Å². The van der Waals surface area contributed by atoms with Crippen molar-refractivity contribution in [2.45, 2.75) is 37.3 Å². The molecule has 4 heteroatoms. The summed E-state index contributed by atoms with van der Waals surface area (Å²) in [5.74, 6) is 0.0997. The molecule has 3 aromatic rings. The molecule has 0 radical (unpaired) electrons. The Labute approximate surface area is 196 Å². The Morgan fingerprint density at radius 2 is 1.56 bits per heavy atom. The Morgan fingerprint density at radius 1 is 0.906 bits per heavy atom. The number of hydrogen-bond donors (Lipinski definition) is 0. The van der Waals surface area contributed by atoms with Crippen LogP contribution in [0.25, 0.3) is 16.7 Å². The SMILES string of the molecule is O=C(OCC1c2ccccc2-c2ccccc21)N1C2C=C(c3ccc(Br)cc3)CC1CC2. The van der Waals surface area contributed by atoms with Gasteiger partial charge in [0.05, 0.1) is 6.04 Å². The number of benzene rings is 3. The first-order chi connectivity index (χ1) is 15.7. The van der Waals surface area contributed by atoms with Gasteiger partial charge >= 0.3 is 6.09 Å². The number of nitrogens with zero attached hydrogens (tertiary/aromatic N) is 1. The highest BCUT2D eigenvalue weighted by atomic mass is 79.9. The molecule has 1 saturated heterocycles. The molecular formula is C28H24BrNO2. The fourth-order valence-corrected chi connectivity index (χ4v) is 5.93. The molecule has 0 spiro atoms. The lowest BCUT2D eigenvalue weighted by Gasteiger charge is -2.33. The van der Waals surface area contributed by atoms with E-state index in [0.717, 1.165) is 23.7 Å². The van der Waals surface area contributed by atoms with Gasteiger partial charge in [-0.3, -0.25) is 4.90 Å². The number of ether oxygens (including phenoxy) is 1. The molecule has 0 saturated carbocycles. The van der Waals surface area contributed by atoms with E-state index in [1.165, 1.54) is 33.4 Å². The van der Waals surface area contributed by atoms with Crippen LogP contribution in [0.5, 0.6) is 0 Å². The third kappa shape index (κ3) is 3.29. The molecule has 160 valence electrons. The Balaban J connectivity index is 1.20. The lowest BCUT2D eigenvalue weighted by atomic mass is 9.95. The van der Waals surface area contributed by atoms with E-state index in [1.54, 1.807) is 0 Å². The van der Waals surface area contributed by atoms with E-state index in [4.69, 9.17) is 4.74 Å². The van der Waals surface area contributed by atoms with Crippen LogP contribution in [0.3, 0.4) is 0 Å². The van der Waals surface area contributed by atoms with Gasteiger partial charge < -0.3 is 4.74 Å². The van der Waals surface area contributed by atoms with Crippen LogP contribution in [-0.4, -0.2) is 29.7 Å². The predicted molar refractivity (Wildman–Crippen MR) is 130 cm³/mol. The Bertz CT molecular complexity index is 1170. The lowest BCUT2D eigenvalue weighted by Crippen LogP contribution is -2.43. The number of carbonyl (C=O) groups is 1. The van der Waals surface area contributed by atoms with E-state index in [-0.39, 0.29) is 24.1 Å². The normalized spacial score (nSPS) is 21.2. The van der Waals surface area contributed by atoms with Gasteiger partial charge in [0.2, 0.25) is 0 Å². The van der Waals surface area contributed by atoms with Gasteiger partial charge in [-0.15, -0.1) is 0 Å². The molecule has 6 rings (SSSR count). The van der Waals surface area contributed by atoms with Crippen LogP contribution in [0, 0.1) is 0 Å². The summed E-state index contributed by atoms with van der Waals surface area (Å²) in [6, 6.07) is 25.7. The molecule has 2 heterocycles. The van der Waals surface area contributed by atoms with E-state index >= 15 is 0 Å². The number of rotatable bonds is 3. The molecule has 1 fully saturated rings. The van der Waals surface area contributed by atoms with Crippen molar-refractivity contribution in [2.75, 3.05) is 6.61 Å². The highest BCUT2D eigenvalue weighted by Crippen LogP contribution is 2.45. The topological polar surface area (TPSA) is 29.5 Å². The summed E-state index contributed by atoms with van der Waals surface area (Å²) in [5, 5.41) is 0.